The summed E-state index contributed by atoms with van der Waals surface area (Å²) in [6, 6.07) is 0.205. The lowest BCUT2D eigenvalue weighted by molar-refractivity contribution is -0.189. The van der Waals surface area contributed by atoms with E-state index in [0.29, 0.717) is 0 Å². The number of rotatable bonds is 2. The van der Waals surface area contributed by atoms with E-state index >= 15 is 0 Å². The maximum Gasteiger partial charge on any atom is 0.109 e. The lowest BCUT2D eigenvalue weighted by Crippen LogP contribution is -2.67. The summed E-state index contributed by atoms with van der Waals surface area (Å²) in [5.74, 6) is 0. The van der Waals surface area contributed by atoms with Gasteiger partial charge in [-0.25, -0.2) is 0 Å². The van der Waals surface area contributed by atoms with Crippen LogP contribution < -0.4 is 5.73 Å². The quantitative estimate of drug-likeness (QED) is 0.664. The van der Waals surface area contributed by atoms with Gasteiger partial charge in [-0.15, -0.1) is 0 Å². The van der Waals surface area contributed by atoms with Crippen molar-refractivity contribution >= 4 is 0 Å². The Kier molecular flexibility index (Phi) is 2.10. The molecule has 12 heavy (non-hydrogen) atoms. The van der Waals surface area contributed by atoms with Crippen LogP contribution in [0, 0.1) is 0 Å². The van der Waals surface area contributed by atoms with Gasteiger partial charge in [0.15, 0.2) is 0 Å². The molecule has 2 aliphatic rings. The highest BCUT2D eigenvalue weighted by Gasteiger charge is 2.56. The van der Waals surface area contributed by atoms with Crippen LogP contribution in [0.15, 0.2) is 0 Å². The number of nitrogens with two attached hydrogens (primary N) is 1. The second-order valence-corrected chi connectivity index (χ2v) is 3.69. The minimum Gasteiger partial charge on any atom is -0.375 e. The zero-order valence-corrected chi connectivity index (χ0v) is 7.58. The van der Waals surface area contributed by atoms with Crippen LogP contribution >= 0.6 is 0 Å². The summed E-state index contributed by atoms with van der Waals surface area (Å²) in [4.78, 5) is 0. The summed E-state index contributed by atoms with van der Waals surface area (Å²) < 4.78 is 11.3. The van der Waals surface area contributed by atoms with Gasteiger partial charge in [0, 0.05) is 19.3 Å². The summed E-state index contributed by atoms with van der Waals surface area (Å²) in [7, 11) is 0. The Morgan fingerprint density at radius 3 is 3.00 bits per heavy atom. The molecule has 3 heteroatoms. The first-order chi connectivity index (χ1) is 5.79. The lowest BCUT2D eigenvalue weighted by Gasteiger charge is -2.50. The Bertz CT molecular complexity index is 164. The third-order valence-corrected chi connectivity index (χ3v) is 3.09. The molecule has 0 aromatic heterocycles. The van der Waals surface area contributed by atoms with Crippen LogP contribution in [0.3, 0.4) is 0 Å². The van der Waals surface area contributed by atoms with Gasteiger partial charge in [0.2, 0.25) is 0 Å². The molecular weight excluding hydrogens is 154 g/mol. The normalized spacial score (nSPS) is 46.5. The van der Waals surface area contributed by atoms with E-state index in [-0.39, 0.29) is 17.7 Å². The third kappa shape index (κ3) is 1.00. The zero-order valence-electron chi connectivity index (χ0n) is 7.58. The molecule has 1 spiro atoms. The van der Waals surface area contributed by atoms with Crippen molar-refractivity contribution in [3.63, 3.8) is 0 Å². The molecule has 3 atom stereocenters. The van der Waals surface area contributed by atoms with Gasteiger partial charge < -0.3 is 15.2 Å². The van der Waals surface area contributed by atoms with E-state index < -0.39 is 0 Å². The highest BCUT2D eigenvalue weighted by Crippen LogP contribution is 2.44. The Labute approximate surface area is 73.2 Å². The van der Waals surface area contributed by atoms with Crippen molar-refractivity contribution < 1.29 is 9.47 Å². The summed E-state index contributed by atoms with van der Waals surface area (Å²) in [6.45, 7) is 3.65. The van der Waals surface area contributed by atoms with Gasteiger partial charge in [-0.3, -0.25) is 0 Å². The minimum atomic E-state index is -0.101. The fourth-order valence-electron chi connectivity index (χ4n) is 2.35. The molecule has 0 bridgehead atoms. The Morgan fingerprint density at radius 2 is 2.50 bits per heavy atom. The predicted molar refractivity (Wildman–Crippen MR) is 45.9 cm³/mol. The summed E-state index contributed by atoms with van der Waals surface area (Å²) in [5.41, 5.74) is 5.83. The van der Waals surface area contributed by atoms with Crippen LogP contribution in [-0.4, -0.2) is 31.0 Å². The number of hydrogen-bond acceptors (Lipinski definition) is 3. The zero-order chi connectivity index (χ0) is 8.60. The largest absolute Gasteiger partial charge is 0.375 e. The van der Waals surface area contributed by atoms with E-state index in [1.54, 1.807) is 0 Å². The van der Waals surface area contributed by atoms with E-state index in [1.807, 2.05) is 6.92 Å². The van der Waals surface area contributed by atoms with Crippen LogP contribution in [0.1, 0.15) is 26.2 Å². The van der Waals surface area contributed by atoms with Crippen LogP contribution in [0.2, 0.25) is 0 Å². The van der Waals surface area contributed by atoms with E-state index in [1.165, 1.54) is 0 Å². The van der Waals surface area contributed by atoms with E-state index in [2.05, 4.69) is 0 Å². The molecule has 2 fully saturated rings. The molecule has 1 saturated carbocycles. The first-order valence-corrected chi connectivity index (χ1v) is 4.81. The van der Waals surface area contributed by atoms with Gasteiger partial charge in [0.05, 0.1) is 6.10 Å². The first-order valence-electron chi connectivity index (χ1n) is 4.81. The Morgan fingerprint density at radius 1 is 1.67 bits per heavy atom. The summed E-state index contributed by atoms with van der Waals surface area (Å²) in [5, 5.41) is 0. The fraction of sp³-hybridized carbons (Fsp3) is 1.00. The van der Waals surface area contributed by atoms with Crippen molar-refractivity contribution in [1.29, 1.82) is 0 Å². The standard InChI is InChI=1S/C9H17NO2/c1-2-11-8-6-7(10)9(8)4-3-5-12-9/h7-8H,2-6,10H2,1H3/t7-,8-,9-/m0/s1. The average Bonchev–Trinajstić information content (AvgIpc) is 2.55. The number of ether oxygens (including phenoxy) is 2. The molecular formula is C9H17NO2. The second-order valence-electron chi connectivity index (χ2n) is 3.69. The molecule has 0 aromatic rings. The van der Waals surface area contributed by atoms with Crippen LogP contribution in [-0.2, 0) is 9.47 Å². The highest BCUT2D eigenvalue weighted by molar-refractivity contribution is 5.11. The van der Waals surface area contributed by atoms with Crippen molar-refractivity contribution in [3.8, 4) is 0 Å². The molecule has 2 rings (SSSR count). The molecule has 1 heterocycles. The molecule has 1 aliphatic carbocycles. The topological polar surface area (TPSA) is 44.5 Å². The van der Waals surface area contributed by atoms with Crippen molar-refractivity contribution in [1.82, 2.24) is 0 Å². The molecule has 70 valence electrons. The second kappa shape index (κ2) is 2.98. The van der Waals surface area contributed by atoms with Gasteiger partial charge in [-0.1, -0.05) is 0 Å². The van der Waals surface area contributed by atoms with Gasteiger partial charge in [-0.05, 0) is 26.2 Å². The average molecular weight is 171 g/mol. The van der Waals surface area contributed by atoms with Gasteiger partial charge in [-0.2, -0.15) is 0 Å². The summed E-state index contributed by atoms with van der Waals surface area (Å²) >= 11 is 0. The Balaban J connectivity index is 2.00. The van der Waals surface area contributed by atoms with E-state index in [4.69, 9.17) is 15.2 Å². The molecule has 0 radical (unpaired) electrons. The maximum absolute atomic E-state index is 5.93. The molecule has 0 unspecified atom stereocenters. The fourth-order valence-corrected chi connectivity index (χ4v) is 2.35. The lowest BCUT2D eigenvalue weighted by atomic mass is 9.70. The van der Waals surface area contributed by atoms with Gasteiger partial charge >= 0.3 is 0 Å². The van der Waals surface area contributed by atoms with Gasteiger partial charge in [0.25, 0.3) is 0 Å². The van der Waals surface area contributed by atoms with Crippen molar-refractivity contribution in [2.45, 2.75) is 43.9 Å². The maximum atomic E-state index is 5.93. The van der Waals surface area contributed by atoms with Crippen LogP contribution in [0.5, 0.6) is 0 Å². The van der Waals surface area contributed by atoms with Gasteiger partial charge in [0.1, 0.15) is 5.60 Å². The monoisotopic (exact) mass is 171 g/mol. The molecule has 2 N–H and O–H groups in total. The first kappa shape index (κ1) is 8.48. The number of hydrogen-bond donors (Lipinski definition) is 1. The SMILES string of the molecule is CCO[C@H]1C[C@H](N)[C@@]12CCCO2. The molecule has 1 aliphatic heterocycles. The van der Waals surface area contributed by atoms with E-state index in [9.17, 15) is 0 Å². The molecule has 0 aromatic carbocycles. The highest BCUT2D eigenvalue weighted by atomic mass is 16.6. The smallest absolute Gasteiger partial charge is 0.109 e. The summed E-state index contributed by atoms with van der Waals surface area (Å²) in [6.07, 6.45) is 3.45. The molecule has 0 amide bonds. The third-order valence-electron chi connectivity index (χ3n) is 3.09. The predicted octanol–water partition coefficient (Wildman–Crippen LogP) is 0.672. The molecule has 1 saturated heterocycles. The van der Waals surface area contributed by atoms with Crippen molar-refractivity contribution in [2.24, 2.45) is 5.73 Å². The molecule has 3 nitrogen and oxygen atoms in total. The van der Waals surface area contributed by atoms with Crippen molar-refractivity contribution in [3.05, 3.63) is 0 Å². The van der Waals surface area contributed by atoms with E-state index in [0.717, 1.165) is 32.5 Å². The minimum absolute atomic E-state index is 0.101. The van der Waals surface area contributed by atoms with Crippen LogP contribution in [0.4, 0.5) is 0 Å². The Hall–Kier alpha value is -0.120. The van der Waals surface area contributed by atoms with Crippen molar-refractivity contribution in [2.75, 3.05) is 13.2 Å². The van der Waals surface area contributed by atoms with Crippen LogP contribution in [0.25, 0.3) is 0 Å².